The molecule has 1 rings (SSSR count). The van der Waals surface area contributed by atoms with Gasteiger partial charge in [0.1, 0.15) is 5.82 Å². The summed E-state index contributed by atoms with van der Waals surface area (Å²) < 4.78 is 18.0. The van der Waals surface area contributed by atoms with Crippen molar-refractivity contribution in [1.29, 1.82) is 5.26 Å². The third-order valence-electron chi connectivity index (χ3n) is 2.02. The van der Waals surface area contributed by atoms with E-state index in [9.17, 15) is 4.39 Å². The third kappa shape index (κ3) is 3.01. The average Bonchev–Trinajstić information content (AvgIpc) is 2.24. The molecule has 1 aromatic carbocycles. The SMILES string of the molecule is Cc1ccc(F)cc1C(C#N)OCCO. The molecule has 0 amide bonds. The van der Waals surface area contributed by atoms with E-state index in [1.807, 2.05) is 6.07 Å². The minimum atomic E-state index is -0.826. The molecule has 15 heavy (non-hydrogen) atoms. The van der Waals surface area contributed by atoms with Crippen molar-refractivity contribution in [2.45, 2.75) is 13.0 Å². The van der Waals surface area contributed by atoms with Gasteiger partial charge in [0.2, 0.25) is 0 Å². The maximum absolute atomic E-state index is 13.0. The fourth-order valence-corrected chi connectivity index (χ4v) is 1.26. The summed E-state index contributed by atoms with van der Waals surface area (Å²) in [7, 11) is 0. The fraction of sp³-hybridized carbons (Fsp3) is 0.364. The number of hydrogen-bond acceptors (Lipinski definition) is 3. The van der Waals surface area contributed by atoms with Crippen LogP contribution in [0.15, 0.2) is 18.2 Å². The van der Waals surface area contributed by atoms with Crippen molar-refractivity contribution >= 4 is 0 Å². The van der Waals surface area contributed by atoms with Crippen LogP contribution in [-0.2, 0) is 4.74 Å². The molecule has 0 saturated heterocycles. The largest absolute Gasteiger partial charge is 0.394 e. The number of benzene rings is 1. The normalized spacial score (nSPS) is 12.1. The van der Waals surface area contributed by atoms with Gasteiger partial charge in [-0.05, 0) is 24.6 Å². The Kier molecular flexibility index (Phi) is 4.22. The monoisotopic (exact) mass is 209 g/mol. The Morgan fingerprint density at radius 3 is 2.93 bits per heavy atom. The summed E-state index contributed by atoms with van der Waals surface area (Å²) in [5.74, 6) is -0.400. The number of nitriles is 1. The molecule has 0 spiro atoms. The van der Waals surface area contributed by atoms with E-state index in [-0.39, 0.29) is 13.2 Å². The molecule has 0 aliphatic heterocycles. The maximum Gasteiger partial charge on any atom is 0.169 e. The summed E-state index contributed by atoms with van der Waals surface area (Å²) in [5, 5.41) is 17.4. The molecule has 0 radical (unpaired) electrons. The van der Waals surface area contributed by atoms with Gasteiger partial charge in [-0.2, -0.15) is 5.26 Å². The van der Waals surface area contributed by atoms with Crippen molar-refractivity contribution in [2.24, 2.45) is 0 Å². The number of aliphatic hydroxyl groups is 1. The Hall–Kier alpha value is -1.44. The number of hydrogen-bond donors (Lipinski definition) is 1. The first-order chi connectivity index (χ1) is 7.19. The van der Waals surface area contributed by atoms with Gasteiger partial charge in [-0.25, -0.2) is 4.39 Å². The van der Waals surface area contributed by atoms with E-state index < -0.39 is 11.9 Å². The second-order valence-electron chi connectivity index (χ2n) is 3.10. The summed E-state index contributed by atoms with van der Waals surface area (Å²) in [6.45, 7) is 1.68. The van der Waals surface area contributed by atoms with Crippen LogP contribution in [0.4, 0.5) is 4.39 Å². The van der Waals surface area contributed by atoms with E-state index in [2.05, 4.69) is 0 Å². The molecule has 0 fully saturated rings. The van der Waals surface area contributed by atoms with E-state index in [1.54, 1.807) is 13.0 Å². The Morgan fingerprint density at radius 2 is 2.33 bits per heavy atom. The first kappa shape index (κ1) is 11.6. The number of aliphatic hydroxyl groups excluding tert-OH is 1. The molecule has 4 heteroatoms. The molecule has 1 atom stereocenters. The molecular formula is C11H12FNO2. The van der Waals surface area contributed by atoms with Gasteiger partial charge < -0.3 is 9.84 Å². The van der Waals surface area contributed by atoms with Gasteiger partial charge in [0.15, 0.2) is 6.10 Å². The molecule has 0 aliphatic rings. The summed E-state index contributed by atoms with van der Waals surface area (Å²) in [4.78, 5) is 0. The maximum atomic E-state index is 13.0. The van der Waals surface area contributed by atoms with Crippen LogP contribution < -0.4 is 0 Å². The second kappa shape index (κ2) is 5.44. The van der Waals surface area contributed by atoms with E-state index in [0.717, 1.165) is 5.56 Å². The number of ether oxygens (including phenoxy) is 1. The van der Waals surface area contributed by atoms with Crippen LogP contribution >= 0.6 is 0 Å². The quantitative estimate of drug-likeness (QED) is 0.821. The van der Waals surface area contributed by atoms with Crippen molar-refractivity contribution < 1.29 is 14.2 Å². The van der Waals surface area contributed by atoms with Crippen molar-refractivity contribution in [3.8, 4) is 6.07 Å². The van der Waals surface area contributed by atoms with Crippen LogP contribution in [0, 0.1) is 24.1 Å². The molecular weight excluding hydrogens is 197 g/mol. The molecule has 1 N–H and O–H groups in total. The highest BCUT2D eigenvalue weighted by Gasteiger charge is 2.13. The fourth-order valence-electron chi connectivity index (χ4n) is 1.26. The molecule has 0 aromatic heterocycles. The predicted molar refractivity (Wildman–Crippen MR) is 52.5 cm³/mol. The highest BCUT2D eigenvalue weighted by atomic mass is 19.1. The van der Waals surface area contributed by atoms with E-state index >= 15 is 0 Å². The van der Waals surface area contributed by atoms with Crippen LogP contribution in [0.3, 0.4) is 0 Å². The zero-order valence-corrected chi connectivity index (χ0v) is 8.40. The molecule has 0 bridgehead atoms. The molecule has 0 saturated carbocycles. The number of aryl methyl sites for hydroxylation is 1. The molecule has 0 aliphatic carbocycles. The predicted octanol–water partition coefficient (Wildman–Crippen LogP) is 1.71. The Bertz CT molecular complexity index is 373. The van der Waals surface area contributed by atoms with Crippen LogP contribution in [0.25, 0.3) is 0 Å². The zero-order chi connectivity index (χ0) is 11.3. The van der Waals surface area contributed by atoms with E-state index in [1.165, 1.54) is 12.1 Å². The smallest absolute Gasteiger partial charge is 0.169 e. The lowest BCUT2D eigenvalue weighted by Gasteiger charge is -2.12. The van der Waals surface area contributed by atoms with E-state index in [4.69, 9.17) is 15.1 Å². The van der Waals surface area contributed by atoms with Crippen molar-refractivity contribution in [3.05, 3.63) is 35.1 Å². The topological polar surface area (TPSA) is 53.2 Å². The zero-order valence-electron chi connectivity index (χ0n) is 8.40. The van der Waals surface area contributed by atoms with Crippen molar-refractivity contribution in [3.63, 3.8) is 0 Å². The second-order valence-corrected chi connectivity index (χ2v) is 3.10. The summed E-state index contributed by atoms with van der Waals surface area (Å²) in [6, 6.07) is 6.13. The van der Waals surface area contributed by atoms with Gasteiger partial charge in [-0.1, -0.05) is 6.07 Å². The van der Waals surface area contributed by atoms with Gasteiger partial charge in [0.25, 0.3) is 0 Å². The number of nitrogens with zero attached hydrogens (tertiary/aromatic N) is 1. The minimum Gasteiger partial charge on any atom is -0.394 e. The summed E-state index contributed by atoms with van der Waals surface area (Å²) >= 11 is 0. The Labute approximate surface area is 87.7 Å². The minimum absolute atomic E-state index is 0.0637. The van der Waals surface area contributed by atoms with Crippen LogP contribution in [-0.4, -0.2) is 18.3 Å². The van der Waals surface area contributed by atoms with Crippen LogP contribution in [0.1, 0.15) is 17.2 Å². The van der Waals surface area contributed by atoms with Gasteiger partial charge in [0, 0.05) is 5.56 Å². The van der Waals surface area contributed by atoms with Gasteiger partial charge >= 0.3 is 0 Å². The molecule has 0 heterocycles. The lowest BCUT2D eigenvalue weighted by Crippen LogP contribution is -2.07. The van der Waals surface area contributed by atoms with E-state index in [0.29, 0.717) is 5.56 Å². The Balaban J connectivity index is 2.91. The summed E-state index contributed by atoms with van der Waals surface area (Å²) in [6.07, 6.45) is -0.826. The first-order valence-electron chi connectivity index (χ1n) is 4.57. The highest BCUT2D eigenvalue weighted by Crippen LogP contribution is 2.21. The number of halogens is 1. The van der Waals surface area contributed by atoms with Gasteiger partial charge in [-0.15, -0.1) is 0 Å². The van der Waals surface area contributed by atoms with Crippen LogP contribution in [0.2, 0.25) is 0 Å². The van der Waals surface area contributed by atoms with Crippen LogP contribution in [0.5, 0.6) is 0 Å². The van der Waals surface area contributed by atoms with Gasteiger partial charge in [0.05, 0.1) is 19.3 Å². The third-order valence-corrected chi connectivity index (χ3v) is 2.02. The molecule has 80 valence electrons. The highest BCUT2D eigenvalue weighted by molar-refractivity contribution is 5.31. The average molecular weight is 209 g/mol. The lowest BCUT2D eigenvalue weighted by molar-refractivity contribution is 0.0577. The first-order valence-corrected chi connectivity index (χ1v) is 4.57. The Morgan fingerprint density at radius 1 is 1.60 bits per heavy atom. The van der Waals surface area contributed by atoms with Gasteiger partial charge in [-0.3, -0.25) is 0 Å². The standard InChI is InChI=1S/C11H12FNO2/c1-8-2-3-9(12)6-10(8)11(7-13)15-5-4-14/h2-3,6,11,14H,4-5H2,1H3. The molecule has 3 nitrogen and oxygen atoms in total. The summed E-state index contributed by atoms with van der Waals surface area (Å²) in [5.41, 5.74) is 1.30. The molecule has 1 aromatic rings. The van der Waals surface area contributed by atoms with Crippen molar-refractivity contribution in [1.82, 2.24) is 0 Å². The molecule has 1 unspecified atom stereocenters. The lowest BCUT2D eigenvalue weighted by atomic mass is 10.0. The number of rotatable bonds is 4. The van der Waals surface area contributed by atoms with Crippen molar-refractivity contribution in [2.75, 3.05) is 13.2 Å².